The maximum Gasteiger partial charge on any atom is 0.261 e. The van der Waals surface area contributed by atoms with Gasteiger partial charge in [0.25, 0.3) is 15.9 Å². The molecule has 0 atom stereocenters. The van der Waals surface area contributed by atoms with Crippen molar-refractivity contribution in [3.63, 3.8) is 0 Å². The van der Waals surface area contributed by atoms with Crippen LogP contribution in [0, 0.1) is 5.82 Å². The van der Waals surface area contributed by atoms with Gasteiger partial charge in [-0.05, 0) is 55.0 Å². The molecule has 0 radical (unpaired) electrons. The molecule has 9 heteroatoms. The molecule has 3 aromatic rings. The number of nitrogens with zero attached hydrogens (tertiary/aromatic N) is 2. The zero-order valence-electron chi connectivity index (χ0n) is 14.9. The van der Waals surface area contributed by atoms with Gasteiger partial charge in [0.2, 0.25) is 0 Å². The number of halogens is 1. The lowest BCUT2D eigenvalue weighted by Gasteiger charge is -2.09. The van der Waals surface area contributed by atoms with E-state index in [9.17, 15) is 17.6 Å². The molecule has 0 fully saturated rings. The van der Waals surface area contributed by atoms with Gasteiger partial charge in [0.05, 0.1) is 11.2 Å². The minimum atomic E-state index is -3.83. The molecule has 0 spiro atoms. The summed E-state index contributed by atoms with van der Waals surface area (Å²) in [6, 6.07) is 10.6. The second-order valence-electron chi connectivity index (χ2n) is 6.05. The number of nitrogens with one attached hydrogen (secondary N) is 2. The Labute approximate surface area is 162 Å². The van der Waals surface area contributed by atoms with Crippen molar-refractivity contribution in [2.24, 2.45) is 0 Å². The summed E-state index contributed by atoms with van der Waals surface area (Å²) in [5, 5.41) is 2.81. The molecule has 1 heterocycles. The molecule has 0 aliphatic heterocycles. The van der Waals surface area contributed by atoms with E-state index in [0.29, 0.717) is 17.8 Å². The lowest BCUT2D eigenvalue weighted by Crippen LogP contribution is -2.25. The van der Waals surface area contributed by atoms with Gasteiger partial charge >= 0.3 is 0 Å². The zero-order chi connectivity index (χ0) is 20.0. The minimum Gasteiger partial charge on any atom is -0.352 e. The Bertz CT molecular complexity index is 1020. The Morgan fingerprint density at radius 2 is 1.79 bits per heavy atom. The van der Waals surface area contributed by atoms with Gasteiger partial charge in [-0.2, -0.15) is 0 Å². The number of amides is 1. The van der Waals surface area contributed by atoms with Gasteiger partial charge in [-0.1, -0.05) is 0 Å². The second kappa shape index (κ2) is 8.66. The van der Waals surface area contributed by atoms with E-state index < -0.39 is 15.8 Å². The Morgan fingerprint density at radius 3 is 2.43 bits per heavy atom. The number of hydrogen-bond donors (Lipinski definition) is 2. The number of benzene rings is 2. The number of sulfonamides is 1. The number of aromatic nitrogens is 2. The van der Waals surface area contributed by atoms with Gasteiger partial charge < -0.3 is 9.88 Å². The van der Waals surface area contributed by atoms with E-state index in [1.54, 1.807) is 12.5 Å². The first-order valence-electron chi connectivity index (χ1n) is 8.56. The quantitative estimate of drug-likeness (QED) is 0.567. The van der Waals surface area contributed by atoms with Crippen molar-refractivity contribution in [3.8, 4) is 0 Å². The van der Waals surface area contributed by atoms with Crippen LogP contribution in [-0.4, -0.2) is 30.4 Å². The van der Waals surface area contributed by atoms with Gasteiger partial charge in [0, 0.05) is 36.7 Å². The van der Waals surface area contributed by atoms with Crippen LogP contribution < -0.4 is 10.0 Å². The maximum absolute atomic E-state index is 12.9. The van der Waals surface area contributed by atoms with Crippen molar-refractivity contribution < 1.29 is 17.6 Å². The van der Waals surface area contributed by atoms with Crippen LogP contribution >= 0.6 is 0 Å². The molecule has 146 valence electrons. The number of rotatable bonds is 8. The molecule has 0 saturated heterocycles. The van der Waals surface area contributed by atoms with Crippen molar-refractivity contribution in [1.29, 1.82) is 0 Å². The minimum absolute atomic E-state index is 0.0476. The average molecular weight is 402 g/mol. The molecule has 0 saturated carbocycles. The summed E-state index contributed by atoms with van der Waals surface area (Å²) in [6.07, 6.45) is 6.03. The van der Waals surface area contributed by atoms with Crippen LogP contribution in [0.25, 0.3) is 0 Å². The summed E-state index contributed by atoms with van der Waals surface area (Å²) < 4.78 is 41.8. The molecular weight excluding hydrogens is 383 g/mol. The van der Waals surface area contributed by atoms with Gasteiger partial charge in [-0.25, -0.2) is 17.8 Å². The highest BCUT2D eigenvalue weighted by atomic mass is 32.2. The molecule has 7 nitrogen and oxygen atoms in total. The second-order valence-corrected chi connectivity index (χ2v) is 7.73. The van der Waals surface area contributed by atoms with Crippen molar-refractivity contribution in [1.82, 2.24) is 14.9 Å². The van der Waals surface area contributed by atoms with Crippen LogP contribution in [0.5, 0.6) is 0 Å². The third kappa shape index (κ3) is 5.17. The van der Waals surface area contributed by atoms with E-state index in [-0.39, 0.29) is 10.8 Å². The molecule has 2 N–H and O–H groups in total. The van der Waals surface area contributed by atoms with Crippen LogP contribution in [0.3, 0.4) is 0 Å². The lowest BCUT2D eigenvalue weighted by atomic mass is 10.2. The van der Waals surface area contributed by atoms with E-state index in [1.165, 1.54) is 36.4 Å². The van der Waals surface area contributed by atoms with Crippen LogP contribution in [-0.2, 0) is 16.6 Å². The number of carbonyl (C=O) groups is 1. The molecule has 0 bridgehead atoms. The van der Waals surface area contributed by atoms with Crippen LogP contribution in [0.1, 0.15) is 16.8 Å². The normalized spacial score (nSPS) is 11.2. The number of imidazole rings is 1. The maximum atomic E-state index is 12.9. The highest BCUT2D eigenvalue weighted by Crippen LogP contribution is 2.17. The van der Waals surface area contributed by atoms with E-state index in [1.807, 2.05) is 10.8 Å². The number of aryl methyl sites for hydroxylation is 1. The van der Waals surface area contributed by atoms with Gasteiger partial charge in [0.15, 0.2) is 0 Å². The fraction of sp³-hybridized carbons (Fsp3) is 0.158. The molecule has 1 amide bonds. The van der Waals surface area contributed by atoms with E-state index in [0.717, 1.165) is 25.1 Å². The number of carbonyl (C=O) groups excluding carboxylic acids is 1. The third-order valence-electron chi connectivity index (χ3n) is 3.96. The van der Waals surface area contributed by atoms with Crippen molar-refractivity contribution in [3.05, 3.63) is 78.6 Å². The van der Waals surface area contributed by atoms with Gasteiger partial charge in [-0.3, -0.25) is 9.52 Å². The Kier molecular flexibility index (Phi) is 6.05. The summed E-state index contributed by atoms with van der Waals surface area (Å²) in [5.41, 5.74) is 0.730. The number of anilines is 1. The smallest absolute Gasteiger partial charge is 0.261 e. The fourth-order valence-electron chi connectivity index (χ4n) is 2.50. The van der Waals surface area contributed by atoms with Crippen molar-refractivity contribution in [2.75, 3.05) is 11.3 Å². The monoisotopic (exact) mass is 402 g/mol. The summed E-state index contributed by atoms with van der Waals surface area (Å²) in [4.78, 5) is 16.1. The first kappa shape index (κ1) is 19.6. The molecular formula is C19H19FN4O3S. The largest absolute Gasteiger partial charge is 0.352 e. The highest BCUT2D eigenvalue weighted by molar-refractivity contribution is 7.92. The Balaban J connectivity index is 1.53. The molecule has 0 aliphatic rings. The van der Waals surface area contributed by atoms with Crippen molar-refractivity contribution in [2.45, 2.75) is 17.9 Å². The van der Waals surface area contributed by atoms with Crippen LogP contribution in [0.4, 0.5) is 10.1 Å². The zero-order valence-corrected chi connectivity index (χ0v) is 15.7. The van der Waals surface area contributed by atoms with E-state index in [4.69, 9.17) is 0 Å². The molecule has 0 aliphatic carbocycles. The van der Waals surface area contributed by atoms with Crippen LogP contribution in [0.15, 0.2) is 72.1 Å². The molecule has 3 rings (SSSR count). The lowest BCUT2D eigenvalue weighted by molar-refractivity contribution is 0.0952. The Hall–Kier alpha value is -3.20. The first-order chi connectivity index (χ1) is 13.4. The van der Waals surface area contributed by atoms with Gasteiger partial charge in [-0.15, -0.1) is 0 Å². The summed E-state index contributed by atoms with van der Waals surface area (Å²) in [5.74, 6) is -0.752. The van der Waals surface area contributed by atoms with Crippen molar-refractivity contribution >= 4 is 21.6 Å². The highest BCUT2D eigenvalue weighted by Gasteiger charge is 2.14. The standard InChI is InChI=1S/C19H19FN4O3S/c20-16-4-8-18(9-5-16)28(26,27)23-17-6-2-15(3-7-17)19(25)22-10-1-12-24-13-11-21-14-24/h2-9,11,13-14,23H,1,10,12H2,(H,22,25). The topological polar surface area (TPSA) is 93.1 Å². The average Bonchev–Trinajstić information content (AvgIpc) is 3.19. The molecule has 28 heavy (non-hydrogen) atoms. The van der Waals surface area contributed by atoms with Crippen LogP contribution in [0.2, 0.25) is 0 Å². The summed E-state index contributed by atoms with van der Waals surface area (Å²) >= 11 is 0. The summed E-state index contributed by atoms with van der Waals surface area (Å²) in [6.45, 7) is 1.26. The molecule has 0 unspecified atom stereocenters. The summed E-state index contributed by atoms with van der Waals surface area (Å²) in [7, 11) is -3.83. The number of hydrogen-bond acceptors (Lipinski definition) is 4. The van der Waals surface area contributed by atoms with E-state index >= 15 is 0 Å². The third-order valence-corrected chi connectivity index (χ3v) is 5.36. The SMILES string of the molecule is O=C(NCCCn1ccnc1)c1ccc(NS(=O)(=O)c2ccc(F)cc2)cc1. The predicted molar refractivity (Wildman–Crippen MR) is 103 cm³/mol. The first-order valence-corrected chi connectivity index (χ1v) is 10.0. The molecule has 1 aromatic heterocycles. The fourth-order valence-corrected chi connectivity index (χ4v) is 3.56. The van der Waals surface area contributed by atoms with E-state index in [2.05, 4.69) is 15.0 Å². The Morgan fingerprint density at radius 1 is 1.07 bits per heavy atom. The molecule has 2 aromatic carbocycles. The predicted octanol–water partition coefficient (Wildman–Crippen LogP) is 2.64. The van der Waals surface area contributed by atoms with Gasteiger partial charge in [0.1, 0.15) is 5.82 Å².